The SMILES string of the molecule is Cc1ncoc1C(=NO)c1ccccc1. The molecule has 2 aromatic rings. The van der Waals surface area contributed by atoms with E-state index in [4.69, 9.17) is 9.62 Å². The van der Waals surface area contributed by atoms with Gasteiger partial charge < -0.3 is 9.62 Å². The molecular formula is C11H10N2O2. The number of oxazole rings is 1. The molecule has 4 nitrogen and oxygen atoms in total. The topological polar surface area (TPSA) is 58.6 Å². The van der Waals surface area contributed by atoms with Crippen molar-refractivity contribution >= 4 is 5.71 Å². The number of nitrogens with zero attached hydrogens (tertiary/aromatic N) is 2. The van der Waals surface area contributed by atoms with Crippen molar-refractivity contribution in [3.63, 3.8) is 0 Å². The molecule has 0 unspecified atom stereocenters. The molecule has 0 fully saturated rings. The molecule has 0 amide bonds. The Morgan fingerprint density at radius 1 is 1.33 bits per heavy atom. The minimum atomic E-state index is 0.394. The van der Waals surface area contributed by atoms with E-state index in [1.165, 1.54) is 6.39 Å². The Hall–Kier alpha value is -2.10. The second-order valence-corrected chi connectivity index (χ2v) is 3.08. The maximum absolute atomic E-state index is 8.98. The number of hydrogen-bond donors (Lipinski definition) is 1. The van der Waals surface area contributed by atoms with Crippen LogP contribution in [0, 0.1) is 6.92 Å². The summed E-state index contributed by atoms with van der Waals surface area (Å²) in [7, 11) is 0. The smallest absolute Gasteiger partial charge is 0.181 e. The van der Waals surface area contributed by atoms with Gasteiger partial charge in [-0.25, -0.2) is 4.98 Å². The van der Waals surface area contributed by atoms with E-state index < -0.39 is 0 Å². The molecule has 4 heteroatoms. The Morgan fingerprint density at radius 2 is 2.07 bits per heavy atom. The van der Waals surface area contributed by atoms with Gasteiger partial charge in [-0.2, -0.15) is 0 Å². The van der Waals surface area contributed by atoms with Gasteiger partial charge in [0.2, 0.25) is 0 Å². The largest absolute Gasteiger partial charge is 0.441 e. The Morgan fingerprint density at radius 3 is 2.60 bits per heavy atom. The Kier molecular flexibility index (Phi) is 2.49. The van der Waals surface area contributed by atoms with Crippen LogP contribution < -0.4 is 0 Å². The lowest BCUT2D eigenvalue weighted by Gasteiger charge is -2.00. The van der Waals surface area contributed by atoms with Crippen LogP contribution in [0.25, 0.3) is 0 Å². The van der Waals surface area contributed by atoms with Crippen LogP contribution in [0.1, 0.15) is 17.0 Å². The van der Waals surface area contributed by atoms with Gasteiger partial charge in [0, 0.05) is 5.56 Å². The number of aromatic nitrogens is 1. The Balaban J connectivity index is 2.48. The van der Waals surface area contributed by atoms with Crippen molar-refractivity contribution in [2.75, 3.05) is 0 Å². The molecule has 0 radical (unpaired) electrons. The summed E-state index contributed by atoms with van der Waals surface area (Å²) in [5.74, 6) is 0.490. The Bertz CT molecular complexity index is 474. The van der Waals surface area contributed by atoms with Gasteiger partial charge in [0.1, 0.15) is 0 Å². The van der Waals surface area contributed by atoms with Crippen LogP contribution in [0.15, 0.2) is 46.3 Å². The first-order valence-corrected chi connectivity index (χ1v) is 4.51. The third kappa shape index (κ3) is 1.74. The van der Waals surface area contributed by atoms with Crippen LogP contribution in [0.3, 0.4) is 0 Å². The number of benzene rings is 1. The lowest BCUT2D eigenvalue weighted by Crippen LogP contribution is -2.03. The molecule has 1 heterocycles. The second-order valence-electron chi connectivity index (χ2n) is 3.08. The zero-order valence-electron chi connectivity index (χ0n) is 8.21. The summed E-state index contributed by atoms with van der Waals surface area (Å²) in [4.78, 5) is 3.95. The first kappa shape index (κ1) is 9.45. The third-order valence-electron chi connectivity index (χ3n) is 2.11. The highest BCUT2D eigenvalue weighted by Gasteiger charge is 2.14. The molecule has 0 atom stereocenters. The number of aryl methyl sites for hydroxylation is 1. The van der Waals surface area contributed by atoms with E-state index in [0.29, 0.717) is 17.2 Å². The standard InChI is InChI=1S/C11H10N2O2/c1-8-11(15-7-12-8)10(13-14)9-5-3-2-4-6-9/h2-7,14H,1H3. The monoisotopic (exact) mass is 202 g/mol. The van der Waals surface area contributed by atoms with Crippen molar-refractivity contribution in [1.29, 1.82) is 0 Å². The lowest BCUT2D eigenvalue weighted by molar-refractivity contribution is 0.318. The van der Waals surface area contributed by atoms with Crippen molar-refractivity contribution in [3.8, 4) is 0 Å². The minimum Gasteiger partial charge on any atom is -0.441 e. The van der Waals surface area contributed by atoms with Gasteiger partial charge in [0.15, 0.2) is 17.9 Å². The summed E-state index contributed by atoms with van der Waals surface area (Å²) in [6.07, 6.45) is 1.33. The summed E-state index contributed by atoms with van der Waals surface area (Å²) in [5.41, 5.74) is 1.89. The Labute approximate surface area is 86.9 Å². The van der Waals surface area contributed by atoms with E-state index in [9.17, 15) is 0 Å². The summed E-state index contributed by atoms with van der Waals surface area (Å²) < 4.78 is 5.17. The molecule has 0 aliphatic heterocycles. The van der Waals surface area contributed by atoms with Gasteiger partial charge in [-0.05, 0) is 6.92 Å². The predicted molar refractivity (Wildman–Crippen MR) is 55.1 cm³/mol. The average Bonchev–Trinajstić information content (AvgIpc) is 2.68. The van der Waals surface area contributed by atoms with Gasteiger partial charge >= 0.3 is 0 Å². The van der Waals surface area contributed by atoms with E-state index in [1.807, 2.05) is 30.3 Å². The second kappa shape index (κ2) is 3.96. The predicted octanol–water partition coefficient (Wildman–Crippen LogP) is 2.21. The minimum absolute atomic E-state index is 0.394. The summed E-state index contributed by atoms with van der Waals surface area (Å²) in [5, 5.41) is 12.2. The van der Waals surface area contributed by atoms with E-state index in [2.05, 4.69) is 10.1 Å². The summed E-state index contributed by atoms with van der Waals surface area (Å²) in [6, 6.07) is 9.32. The van der Waals surface area contributed by atoms with Gasteiger partial charge in [0.25, 0.3) is 0 Å². The normalized spacial score (nSPS) is 11.7. The van der Waals surface area contributed by atoms with Crippen LogP contribution in [0.4, 0.5) is 0 Å². The zero-order valence-corrected chi connectivity index (χ0v) is 8.21. The molecule has 0 saturated heterocycles. The maximum Gasteiger partial charge on any atom is 0.181 e. The van der Waals surface area contributed by atoms with Crippen molar-refractivity contribution in [2.24, 2.45) is 5.16 Å². The van der Waals surface area contributed by atoms with Gasteiger partial charge in [-0.3, -0.25) is 0 Å². The third-order valence-corrected chi connectivity index (χ3v) is 2.11. The molecule has 0 saturated carbocycles. The molecule has 2 rings (SSSR count). The van der Waals surface area contributed by atoms with E-state index >= 15 is 0 Å². The fourth-order valence-corrected chi connectivity index (χ4v) is 1.36. The zero-order chi connectivity index (χ0) is 10.7. The van der Waals surface area contributed by atoms with E-state index in [1.54, 1.807) is 6.92 Å². The van der Waals surface area contributed by atoms with Crippen molar-refractivity contribution in [3.05, 3.63) is 53.7 Å². The first-order valence-electron chi connectivity index (χ1n) is 4.51. The summed E-state index contributed by atoms with van der Waals surface area (Å²) >= 11 is 0. The summed E-state index contributed by atoms with van der Waals surface area (Å²) in [6.45, 7) is 1.80. The molecule has 0 aliphatic carbocycles. The molecule has 0 aliphatic rings. The van der Waals surface area contributed by atoms with Crippen LogP contribution in [-0.4, -0.2) is 15.9 Å². The number of hydrogen-bond acceptors (Lipinski definition) is 4. The molecule has 1 aromatic heterocycles. The molecule has 0 bridgehead atoms. The molecule has 1 N–H and O–H groups in total. The molecule has 0 spiro atoms. The highest BCUT2D eigenvalue weighted by Crippen LogP contribution is 2.13. The molecule has 76 valence electrons. The fraction of sp³-hybridized carbons (Fsp3) is 0.0909. The number of rotatable bonds is 2. The maximum atomic E-state index is 8.98. The van der Waals surface area contributed by atoms with Crippen LogP contribution in [-0.2, 0) is 0 Å². The van der Waals surface area contributed by atoms with Gasteiger partial charge in [-0.1, -0.05) is 35.5 Å². The number of oxime groups is 1. The lowest BCUT2D eigenvalue weighted by atomic mass is 10.1. The van der Waals surface area contributed by atoms with Crippen LogP contribution >= 0.6 is 0 Å². The fourth-order valence-electron chi connectivity index (χ4n) is 1.36. The average molecular weight is 202 g/mol. The van der Waals surface area contributed by atoms with Gasteiger partial charge in [-0.15, -0.1) is 0 Å². The highest BCUT2D eigenvalue weighted by molar-refractivity contribution is 6.11. The van der Waals surface area contributed by atoms with E-state index in [-0.39, 0.29) is 0 Å². The van der Waals surface area contributed by atoms with Crippen molar-refractivity contribution < 1.29 is 9.62 Å². The highest BCUT2D eigenvalue weighted by atomic mass is 16.4. The first-order chi connectivity index (χ1) is 7.33. The quantitative estimate of drug-likeness (QED) is 0.461. The van der Waals surface area contributed by atoms with E-state index in [0.717, 1.165) is 5.56 Å². The van der Waals surface area contributed by atoms with Gasteiger partial charge in [0.05, 0.1) is 5.69 Å². The molecule has 1 aromatic carbocycles. The molecule has 15 heavy (non-hydrogen) atoms. The van der Waals surface area contributed by atoms with Crippen molar-refractivity contribution in [2.45, 2.75) is 6.92 Å². The van der Waals surface area contributed by atoms with Crippen LogP contribution in [0.2, 0.25) is 0 Å². The van der Waals surface area contributed by atoms with Crippen LogP contribution in [0.5, 0.6) is 0 Å². The van der Waals surface area contributed by atoms with Crippen molar-refractivity contribution in [1.82, 2.24) is 4.98 Å². The molecular weight excluding hydrogens is 192 g/mol.